The van der Waals surface area contributed by atoms with Gasteiger partial charge in [0.25, 0.3) is 0 Å². The van der Waals surface area contributed by atoms with E-state index < -0.39 is 15.3 Å². The lowest BCUT2D eigenvalue weighted by atomic mass is 10.1. The zero-order chi connectivity index (χ0) is 15.6. The third-order valence-electron chi connectivity index (χ3n) is 4.09. The first-order valence-electron chi connectivity index (χ1n) is 7.38. The smallest absolute Gasteiger partial charge is 0.213 e. The van der Waals surface area contributed by atoms with Crippen molar-refractivity contribution in [3.05, 3.63) is 42.5 Å². The van der Waals surface area contributed by atoms with Gasteiger partial charge in [-0.2, -0.15) is 0 Å². The standard InChI is InChI=1S/C16H20N2O3S/c17-22(19,20)16-7-8-18(12-16)9-10-21-15-6-5-13-3-1-2-4-14(13)11-15/h1-6,11,16H,7-10,12H2,(H2,17,19,20). The molecule has 0 spiro atoms. The number of rotatable bonds is 5. The van der Waals surface area contributed by atoms with Gasteiger partial charge < -0.3 is 4.74 Å². The second-order valence-corrected chi connectivity index (χ2v) is 7.50. The van der Waals surface area contributed by atoms with Crippen LogP contribution in [0.1, 0.15) is 6.42 Å². The van der Waals surface area contributed by atoms with Crippen molar-refractivity contribution in [2.45, 2.75) is 11.7 Å². The molecule has 2 N–H and O–H groups in total. The van der Waals surface area contributed by atoms with E-state index in [1.165, 1.54) is 5.39 Å². The molecular weight excluding hydrogens is 300 g/mol. The predicted octanol–water partition coefficient (Wildman–Crippen LogP) is 1.58. The molecule has 0 aliphatic carbocycles. The predicted molar refractivity (Wildman–Crippen MR) is 87.4 cm³/mol. The third-order valence-corrected chi connectivity index (χ3v) is 5.40. The number of likely N-dealkylation sites (tertiary alicyclic amines) is 1. The van der Waals surface area contributed by atoms with Crippen molar-refractivity contribution in [2.75, 3.05) is 26.2 Å². The van der Waals surface area contributed by atoms with Crippen LogP contribution in [0.5, 0.6) is 5.75 Å². The molecule has 0 amide bonds. The number of hydrogen-bond acceptors (Lipinski definition) is 4. The van der Waals surface area contributed by atoms with Crippen LogP contribution in [0.4, 0.5) is 0 Å². The molecule has 5 nitrogen and oxygen atoms in total. The molecule has 0 radical (unpaired) electrons. The normalized spacial score (nSPS) is 19.6. The first kappa shape index (κ1) is 15.3. The van der Waals surface area contributed by atoms with Crippen LogP contribution in [-0.2, 0) is 10.0 Å². The van der Waals surface area contributed by atoms with E-state index in [4.69, 9.17) is 9.88 Å². The van der Waals surface area contributed by atoms with Crippen LogP contribution >= 0.6 is 0 Å². The van der Waals surface area contributed by atoms with Crippen molar-refractivity contribution in [1.82, 2.24) is 4.90 Å². The molecule has 118 valence electrons. The number of nitrogens with zero attached hydrogens (tertiary/aromatic N) is 1. The maximum absolute atomic E-state index is 11.3. The van der Waals surface area contributed by atoms with Gasteiger partial charge in [0.15, 0.2) is 0 Å². The molecule has 2 aromatic rings. The van der Waals surface area contributed by atoms with E-state index >= 15 is 0 Å². The van der Waals surface area contributed by atoms with Crippen molar-refractivity contribution >= 4 is 20.8 Å². The Balaban J connectivity index is 1.52. The molecule has 1 unspecified atom stereocenters. The highest BCUT2D eigenvalue weighted by Crippen LogP contribution is 2.21. The molecular formula is C16H20N2O3S. The second-order valence-electron chi connectivity index (χ2n) is 5.66. The average molecular weight is 320 g/mol. The summed E-state index contributed by atoms with van der Waals surface area (Å²) < 4.78 is 28.4. The van der Waals surface area contributed by atoms with Crippen molar-refractivity contribution < 1.29 is 13.2 Å². The lowest BCUT2D eigenvalue weighted by molar-refractivity contribution is 0.238. The quantitative estimate of drug-likeness (QED) is 0.908. The summed E-state index contributed by atoms with van der Waals surface area (Å²) in [6, 6.07) is 14.2. The molecule has 3 rings (SSSR count). The number of primary sulfonamides is 1. The summed E-state index contributed by atoms with van der Waals surface area (Å²) in [5, 5.41) is 7.09. The fraction of sp³-hybridized carbons (Fsp3) is 0.375. The van der Waals surface area contributed by atoms with Crippen LogP contribution in [-0.4, -0.2) is 44.8 Å². The van der Waals surface area contributed by atoms with Gasteiger partial charge in [-0.25, -0.2) is 13.6 Å². The molecule has 1 aliphatic rings. The molecule has 1 heterocycles. The van der Waals surface area contributed by atoms with E-state index in [2.05, 4.69) is 17.0 Å². The Morgan fingerprint density at radius 3 is 2.68 bits per heavy atom. The second kappa shape index (κ2) is 6.24. The van der Waals surface area contributed by atoms with Gasteiger partial charge in [-0.05, 0) is 35.9 Å². The molecule has 22 heavy (non-hydrogen) atoms. The summed E-state index contributed by atoms with van der Waals surface area (Å²) >= 11 is 0. The average Bonchev–Trinajstić information content (AvgIpc) is 2.96. The maximum atomic E-state index is 11.3. The lowest BCUT2D eigenvalue weighted by Crippen LogP contribution is -2.33. The van der Waals surface area contributed by atoms with Gasteiger partial charge in [-0.3, -0.25) is 4.90 Å². The zero-order valence-corrected chi connectivity index (χ0v) is 13.1. The minimum Gasteiger partial charge on any atom is -0.492 e. The molecule has 1 fully saturated rings. The molecule has 1 aliphatic heterocycles. The van der Waals surface area contributed by atoms with Crippen LogP contribution in [0.3, 0.4) is 0 Å². The first-order chi connectivity index (χ1) is 10.5. The number of ether oxygens (including phenoxy) is 1. The van der Waals surface area contributed by atoms with Gasteiger partial charge in [-0.15, -0.1) is 0 Å². The Hall–Kier alpha value is -1.63. The summed E-state index contributed by atoms with van der Waals surface area (Å²) in [5.41, 5.74) is 0. The number of benzene rings is 2. The van der Waals surface area contributed by atoms with E-state index in [1.54, 1.807) is 0 Å². The third kappa shape index (κ3) is 3.58. The summed E-state index contributed by atoms with van der Waals surface area (Å²) in [4.78, 5) is 2.08. The summed E-state index contributed by atoms with van der Waals surface area (Å²) in [6.45, 7) is 2.50. The fourth-order valence-electron chi connectivity index (χ4n) is 2.82. The Bertz CT molecular complexity index is 761. The zero-order valence-electron chi connectivity index (χ0n) is 12.3. The van der Waals surface area contributed by atoms with E-state index in [9.17, 15) is 8.42 Å². The van der Waals surface area contributed by atoms with Gasteiger partial charge in [0, 0.05) is 13.1 Å². The topological polar surface area (TPSA) is 72.6 Å². The van der Waals surface area contributed by atoms with E-state index in [0.717, 1.165) is 17.7 Å². The molecule has 2 aromatic carbocycles. The first-order valence-corrected chi connectivity index (χ1v) is 8.99. The summed E-state index contributed by atoms with van der Waals surface area (Å²) in [6.07, 6.45) is 0.606. The Labute approximate surface area is 130 Å². The largest absolute Gasteiger partial charge is 0.492 e. The van der Waals surface area contributed by atoms with E-state index in [0.29, 0.717) is 26.1 Å². The van der Waals surface area contributed by atoms with Crippen LogP contribution in [0.15, 0.2) is 42.5 Å². The lowest BCUT2D eigenvalue weighted by Gasteiger charge is -2.16. The minimum atomic E-state index is -3.42. The van der Waals surface area contributed by atoms with Crippen LogP contribution < -0.4 is 9.88 Å². The summed E-state index contributed by atoms with van der Waals surface area (Å²) in [7, 11) is -3.42. The monoisotopic (exact) mass is 320 g/mol. The molecule has 1 saturated heterocycles. The fourth-order valence-corrected chi connectivity index (χ4v) is 3.67. The van der Waals surface area contributed by atoms with Crippen molar-refractivity contribution in [3.63, 3.8) is 0 Å². The number of nitrogens with two attached hydrogens (primary N) is 1. The van der Waals surface area contributed by atoms with Crippen molar-refractivity contribution in [2.24, 2.45) is 5.14 Å². The van der Waals surface area contributed by atoms with Crippen molar-refractivity contribution in [1.29, 1.82) is 0 Å². The maximum Gasteiger partial charge on any atom is 0.213 e. The summed E-state index contributed by atoms with van der Waals surface area (Å²) in [5.74, 6) is 0.834. The molecule has 1 atom stereocenters. The van der Waals surface area contributed by atoms with E-state index in [-0.39, 0.29) is 0 Å². The van der Waals surface area contributed by atoms with Crippen molar-refractivity contribution in [3.8, 4) is 5.75 Å². The van der Waals surface area contributed by atoms with Crippen LogP contribution in [0.25, 0.3) is 10.8 Å². The minimum absolute atomic E-state index is 0.437. The molecule has 0 saturated carbocycles. The van der Waals surface area contributed by atoms with Gasteiger partial charge in [-0.1, -0.05) is 30.3 Å². The highest BCUT2D eigenvalue weighted by Gasteiger charge is 2.30. The van der Waals surface area contributed by atoms with Gasteiger partial charge in [0.2, 0.25) is 10.0 Å². The molecule has 0 bridgehead atoms. The SMILES string of the molecule is NS(=O)(=O)C1CCN(CCOc2ccc3ccccc3c2)C1. The Morgan fingerprint density at radius 2 is 1.95 bits per heavy atom. The van der Waals surface area contributed by atoms with Gasteiger partial charge in [0.05, 0.1) is 5.25 Å². The molecule has 6 heteroatoms. The highest BCUT2D eigenvalue weighted by atomic mass is 32.2. The van der Waals surface area contributed by atoms with E-state index in [1.807, 2.05) is 30.3 Å². The van der Waals surface area contributed by atoms with Gasteiger partial charge in [0.1, 0.15) is 12.4 Å². The van der Waals surface area contributed by atoms with Crippen LogP contribution in [0, 0.1) is 0 Å². The Morgan fingerprint density at radius 1 is 1.18 bits per heavy atom. The van der Waals surface area contributed by atoms with Gasteiger partial charge >= 0.3 is 0 Å². The Kier molecular flexibility index (Phi) is 4.33. The molecule has 0 aromatic heterocycles. The number of sulfonamides is 1. The number of hydrogen-bond donors (Lipinski definition) is 1. The number of fused-ring (bicyclic) bond motifs is 1. The van der Waals surface area contributed by atoms with Crippen LogP contribution in [0.2, 0.25) is 0 Å². The highest BCUT2D eigenvalue weighted by molar-refractivity contribution is 7.89.